The van der Waals surface area contributed by atoms with Crippen molar-refractivity contribution in [3.8, 4) is 0 Å². The molecule has 0 aliphatic carbocycles. The lowest BCUT2D eigenvalue weighted by atomic mass is 10.2. The summed E-state index contributed by atoms with van der Waals surface area (Å²) >= 11 is 6.25. The first-order valence-electron chi connectivity index (χ1n) is 10.6. The maximum absolute atomic E-state index is 13.4. The summed E-state index contributed by atoms with van der Waals surface area (Å²) in [5.74, 6) is -0.339. The number of rotatable bonds is 9. The summed E-state index contributed by atoms with van der Waals surface area (Å²) in [5.41, 5.74) is 2.16. The van der Waals surface area contributed by atoms with Crippen molar-refractivity contribution in [1.82, 2.24) is 10.2 Å². The van der Waals surface area contributed by atoms with Gasteiger partial charge in [-0.05, 0) is 82.6 Å². The molecule has 0 unspecified atom stereocenters. The number of nitrogens with zero attached hydrogens (tertiary/aromatic N) is 2. The van der Waals surface area contributed by atoms with Gasteiger partial charge in [-0.15, -0.1) is 0 Å². The molecule has 1 saturated heterocycles. The molecular formula is C23H30ClN3O3S. The summed E-state index contributed by atoms with van der Waals surface area (Å²) in [6.45, 7) is 7.12. The predicted molar refractivity (Wildman–Crippen MR) is 125 cm³/mol. The van der Waals surface area contributed by atoms with Crippen LogP contribution in [0.25, 0.3) is 0 Å². The fraction of sp³-hybridized carbons (Fsp3) is 0.435. The molecule has 2 aromatic rings. The zero-order valence-corrected chi connectivity index (χ0v) is 19.7. The van der Waals surface area contributed by atoms with Gasteiger partial charge in [0.15, 0.2) is 0 Å². The maximum Gasteiger partial charge on any atom is 0.264 e. The second-order valence-electron chi connectivity index (χ2n) is 8.01. The van der Waals surface area contributed by atoms with E-state index in [1.807, 2.05) is 13.8 Å². The number of halogens is 1. The van der Waals surface area contributed by atoms with Crippen LogP contribution in [-0.2, 0) is 14.8 Å². The van der Waals surface area contributed by atoms with Crippen LogP contribution >= 0.6 is 11.6 Å². The van der Waals surface area contributed by atoms with Gasteiger partial charge in [-0.3, -0.25) is 9.10 Å². The highest BCUT2D eigenvalue weighted by molar-refractivity contribution is 7.92. The minimum atomic E-state index is -3.93. The molecule has 31 heavy (non-hydrogen) atoms. The van der Waals surface area contributed by atoms with Crippen LogP contribution in [0.5, 0.6) is 0 Å². The van der Waals surface area contributed by atoms with Crippen LogP contribution in [0.1, 0.15) is 30.4 Å². The van der Waals surface area contributed by atoms with Gasteiger partial charge >= 0.3 is 0 Å². The van der Waals surface area contributed by atoms with E-state index in [0.29, 0.717) is 17.3 Å². The third-order valence-corrected chi connectivity index (χ3v) is 7.71. The normalized spacial score (nSPS) is 14.5. The Balaban J connectivity index is 1.74. The number of benzene rings is 2. The van der Waals surface area contributed by atoms with E-state index in [-0.39, 0.29) is 17.3 Å². The van der Waals surface area contributed by atoms with Crippen LogP contribution in [0.15, 0.2) is 47.4 Å². The molecule has 2 aromatic carbocycles. The Hall–Kier alpha value is -2.09. The number of likely N-dealkylation sites (tertiary alicyclic amines) is 1. The van der Waals surface area contributed by atoms with Gasteiger partial charge in [-0.1, -0.05) is 35.4 Å². The molecule has 0 radical (unpaired) electrons. The highest BCUT2D eigenvalue weighted by Crippen LogP contribution is 2.28. The number of anilines is 1. The molecule has 1 aliphatic rings. The Morgan fingerprint density at radius 2 is 1.77 bits per heavy atom. The molecule has 0 bridgehead atoms. The van der Waals surface area contributed by atoms with Crippen molar-refractivity contribution in [1.29, 1.82) is 0 Å². The lowest BCUT2D eigenvalue weighted by molar-refractivity contribution is -0.119. The van der Waals surface area contributed by atoms with Gasteiger partial charge in [0, 0.05) is 11.6 Å². The maximum atomic E-state index is 13.4. The number of carbonyl (C=O) groups excluding carboxylic acids is 1. The van der Waals surface area contributed by atoms with E-state index in [1.165, 1.54) is 12.8 Å². The summed E-state index contributed by atoms with van der Waals surface area (Å²) < 4.78 is 27.9. The fourth-order valence-corrected chi connectivity index (χ4v) is 5.20. The highest BCUT2D eigenvalue weighted by atomic mass is 35.5. The average Bonchev–Trinajstić information content (AvgIpc) is 3.25. The summed E-state index contributed by atoms with van der Waals surface area (Å²) in [5, 5.41) is 3.31. The Morgan fingerprint density at radius 1 is 1.10 bits per heavy atom. The monoisotopic (exact) mass is 463 g/mol. The SMILES string of the molecule is Cc1ccc(S(=O)(=O)N(CC(=O)NCCCN2CCCC2)c2ccc(C)c(Cl)c2)cc1. The minimum absolute atomic E-state index is 0.136. The van der Waals surface area contributed by atoms with Gasteiger partial charge in [-0.2, -0.15) is 0 Å². The van der Waals surface area contributed by atoms with Crippen molar-refractivity contribution in [2.24, 2.45) is 0 Å². The van der Waals surface area contributed by atoms with Gasteiger partial charge < -0.3 is 10.2 Å². The first-order valence-corrected chi connectivity index (χ1v) is 12.4. The molecule has 8 heteroatoms. The standard InChI is InChI=1S/C23H30ClN3O3S/c1-18-6-10-21(11-7-18)31(29,30)27(20-9-8-19(2)22(24)16-20)17-23(28)25-12-5-15-26-13-3-4-14-26/h6-11,16H,3-5,12-15,17H2,1-2H3,(H,25,28). The number of hydrogen-bond donors (Lipinski definition) is 1. The van der Waals surface area contributed by atoms with Gasteiger partial charge in [0.1, 0.15) is 6.54 Å². The molecule has 6 nitrogen and oxygen atoms in total. The first kappa shape index (κ1) is 23.6. The van der Waals surface area contributed by atoms with Crippen LogP contribution in [0.2, 0.25) is 5.02 Å². The lowest BCUT2D eigenvalue weighted by Crippen LogP contribution is -2.41. The molecule has 0 atom stereocenters. The number of amides is 1. The summed E-state index contributed by atoms with van der Waals surface area (Å²) in [6, 6.07) is 11.6. The van der Waals surface area contributed by atoms with Gasteiger partial charge in [0.25, 0.3) is 10.0 Å². The van der Waals surface area contributed by atoms with E-state index in [4.69, 9.17) is 11.6 Å². The van der Waals surface area contributed by atoms with E-state index in [2.05, 4.69) is 10.2 Å². The number of nitrogens with one attached hydrogen (secondary N) is 1. The molecular weight excluding hydrogens is 434 g/mol. The van der Waals surface area contributed by atoms with Crippen LogP contribution in [0, 0.1) is 13.8 Å². The quantitative estimate of drug-likeness (QED) is 0.575. The molecule has 3 rings (SSSR count). The topological polar surface area (TPSA) is 69.7 Å². The number of sulfonamides is 1. The van der Waals surface area contributed by atoms with E-state index < -0.39 is 10.0 Å². The van der Waals surface area contributed by atoms with Crippen molar-refractivity contribution >= 4 is 33.2 Å². The largest absolute Gasteiger partial charge is 0.354 e. The number of carbonyl (C=O) groups is 1. The third kappa shape index (κ3) is 6.21. The summed E-state index contributed by atoms with van der Waals surface area (Å²) in [7, 11) is -3.93. The zero-order chi connectivity index (χ0) is 22.4. The first-order chi connectivity index (χ1) is 14.8. The second-order valence-corrected chi connectivity index (χ2v) is 10.3. The van der Waals surface area contributed by atoms with Crippen molar-refractivity contribution < 1.29 is 13.2 Å². The van der Waals surface area contributed by atoms with E-state index in [9.17, 15) is 13.2 Å². The van der Waals surface area contributed by atoms with Gasteiger partial charge in [0.2, 0.25) is 5.91 Å². The average molecular weight is 464 g/mol. The molecule has 1 amide bonds. The molecule has 1 fully saturated rings. The zero-order valence-electron chi connectivity index (χ0n) is 18.1. The molecule has 1 N–H and O–H groups in total. The van der Waals surface area contributed by atoms with Crippen molar-refractivity contribution in [3.63, 3.8) is 0 Å². The lowest BCUT2D eigenvalue weighted by Gasteiger charge is -2.25. The van der Waals surface area contributed by atoms with E-state index in [1.54, 1.807) is 42.5 Å². The fourth-order valence-electron chi connectivity index (χ4n) is 3.61. The van der Waals surface area contributed by atoms with Crippen LogP contribution in [0.3, 0.4) is 0 Å². The number of aryl methyl sites for hydroxylation is 2. The van der Waals surface area contributed by atoms with Crippen molar-refractivity contribution in [2.45, 2.75) is 38.0 Å². The Bertz CT molecular complexity index is 1000. The van der Waals surface area contributed by atoms with Crippen LogP contribution in [-0.4, -0.2) is 51.9 Å². The molecule has 0 saturated carbocycles. The Morgan fingerprint density at radius 3 is 2.42 bits per heavy atom. The van der Waals surface area contributed by atoms with Crippen LogP contribution in [0.4, 0.5) is 5.69 Å². The predicted octanol–water partition coefficient (Wildman–Crippen LogP) is 3.75. The van der Waals surface area contributed by atoms with E-state index >= 15 is 0 Å². The van der Waals surface area contributed by atoms with Gasteiger partial charge in [-0.25, -0.2) is 8.42 Å². The number of hydrogen-bond acceptors (Lipinski definition) is 4. The molecule has 0 aromatic heterocycles. The Kier molecular flexibility index (Phi) is 7.97. The summed E-state index contributed by atoms with van der Waals surface area (Å²) in [4.78, 5) is 15.2. The molecule has 0 spiro atoms. The van der Waals surface area contributed by atoms with Crippen molar-refractivity contribution in [3.05, 3.63) is 58.6 Å². The highest BCUT2D eigenvalue weighted by Gasteiger charge is 2.27. The Labute approximate surface area is 190 Å². The second kappa shape index (κ2) is 10.5. The summed E-state index contributed by atoms with van der Waals surface area (Å²) in [6.07, 6.45) is 3.31. The molecule has 1 heterocycles. The third-order valence-electron chi connectivity index (χ3n) is 5.51. The van der Waals surface area contributed by atoms with Crippen molar-refractivity contribution in [2.75, 3.05) is 37.0 Å². The smallest absolute Gasteiger partial charge is 0.264 e. The molecule has 168 valence electrons. The minimum Gasteiger partial charge on any atom is -0.354 e. The molecule has 1 aliphatic heterocycles. The van der Waals surface area contributed by atoms with Gasteiger partial charge in [0.05, 0.1) is 10.6 Å². The van der Waals surface area contributed by atoms with E-state index in [0.717, 1.165) is 41.5 Å². The van der Waals surface area contributed by atoms with Crippen LogP contribution < -0.4 is 9.62 Å².